The maximum Gasteiger partial charge on any atom is 0.286 e. The lowest BCUT2D eigenvalue weighted by molar-refractivity contribution is -0.120. The monoisotopic (exact) mass is 171 g/mol. The van der Waals surface area contributed by atoms with Gasteiger partial charge in [-0.15, -0.1) is 0 Å². The summed E-state index contributed by atoms with van der Waals surface area (Å²) in [5, 5.41) is 2.69. The van der Waals surface area contributed by atoms with Crippen LogP contribution in [0.5, 0.6) is 0 Å². The van der Waals surface area contributed by atoms with Crippen molar-refractivity contribution >= 4 is 5.91 Å². The van der Waals surface area contributed by atoms with Crippen molar-refractivity contribution in [1.82, 2.24) is 5.32 Å². The normalized spacial score (nSPS) is 9.00. The molecule has 0 fully saturated rings. The molecule has 0 heterocycles. The minimum Gasteiger partial charge on any atom is -0.488 e. The first-order chi connectivity index (χ1) is 5.63. The van der Waals surface area contributed by atoms with E-state index in [1.807, 2.05) is 27.7 Å². The Morgan fingerprint density at radius 2 is 1.92 bits per heavy atom. The molecule has 0 unspecified atom stereocenters. The zero-order valence-corrected chi connectivity index (χ0v) is 8.23. The third-order valence-electron chi connectivity index (χ3n) is 1.29. The van der Waals surface area contributed by atoms with E-state index in [2.05, 4.69) is 5.32 Å². The minimum absolute atomic E-state index is 0.126. The Morgan fingerprint density at radius 1 is 1.33 bits per heavy atom. The van der Waals surface area contributed by atoms with Crippen LogP contribution >= 0.6 is 0 Å². The van der Waals surface area contributed by atoms with E-state index in [9.17, 15) is 4.79 Å². The van der Waals surface area contributed by atoms with Crippen LogP contribution < -0.4 is 5.32 Å². The van der Waals surface area contributed by atoms with Gasteiger partial charge in [0, 0.05) is 6.54 Å². The zero-order chi connectivity index (χ0) is 9.56. The standard InChI is InChI=1S/C9H17NO2/c1-5-10-9(11)8(7(3)4)12-6-2/h5-6H2,1-4H3,(H,10,11). The number of ether oxygens (including phenoxy) is 1. The summed E-state index contributed by atoms with van der Waals surface area (Å²) in [7, 11) is 0. The van der Waals surface area contributed by atoms with Gasteiger partial charge in [-0.05, 0) is 33.3 Å². The summed E-state index contributed by atoms with van der Waals surface area (Å²) in [6.45, 7) is 8.62. The van der Waals surface area contributed by atoms with Crippen molar-refractivity contribution in [1.29, 1.82) is 0 Å². The third-order valence-corrected chi connectivity index (χ3v) is 1.29. The number of nitrogens with one attached hydrogen (secondary N) is 1. The first kappa shape index (κ1) is 11.0. The Bertz CT molecular complexity index is 181. The SMILES string of the molecule is CCNC(=O)C(OCC)=C(C)C. The Morgan fingerprint density at radius 3 is 2.25 bits per heavy atom. The van der Waals surface area contributed by atoms with Gasteiger partial charge in [0.25, 0.3) is 5.91 Å². The van der Waals surface area contributed by atoms with Gasteiger partial charge in [-0.2, -0.15) is 0 Å². The molecule has 0 aliphatic heterocycles. The van der Waals surface area contributed by atoms with Crippen molar-refractivity contribution in [3.8, 4) is 0 Å². The van der Waals surface area contributed by atoms with Gasteiger partial charge in [0.15, 0.2) is 5.76 Å². The molecule has 0 aliphatic rings. The Labute approximate surface area is 73.8 Å². The number of hydrogen-bond acceptors (Lipinski definition) is 2. The van der Waals surface area contributed by atoms with Crippen LogP contribution in [0, 0.1) is 0 Å². The average molecular weight is 171 g/mol. The first-order valence-electron chi connectivity index (χ1n) is 4.21. The number of amides is 1. The molecule has 70 valence electrons. The van der Waals surface area contributed by atoms with Gasteiger partial charge in [0.05, 0.1) is 6.61 Å². The zero-order valence-electron chi connectivity index (χ0n) is 8.23. The molecule has 0 rings (SSSR count). The van der Waals surface area contributed by atoms with E-state index in [0.29, 0.717) is 18.9 Å². The summed E-state index contributed by atoms with van der Waals surface area (Å²) in [5.41, 5.74) is 0.905. The number of likely N-dealkylation sites (N-methyl/N-ethyl adjacent to an activating group) is 1. The summed E-state index contributed by atoms with van der Waals surface area (Å²) in [6, 6.07) is 0. The minimum atomic E-state index is -0.126. The van der Waals surface area contributed by atoms with E-state index < -0.39 is 0 Å². The van der Waals surface area contributed by atoms with Gasteiger partial charge in [0.1, 0.15) is 0 Å². The molecule has 0 radical (unpaired) electrons. The Kier molecular flexibility index (Phi) is 5.17. The molecule has 1 amide bonds. The second kappa shape index (κ2) is 5.63. The van der Waals surface area contributed by atoms with Crippen LogP contribution in [0.15, 0.2) is 11.3 Å². The molecule has 0 aromatic heterocycles. The molecular formula is C9H17NO2. The van der Waals surface area contributed by atoms with E-state index in [4.69, 9.17) is 4.74 Å². The highest BCUT2D eigenvalue weighted by atomic mass is 16.5. The topological polar surface area (TPSA) is 38.3 Å². The largest absolute Gasteiger partial charge is 0.488 e. The molecular weight excluding hydrogens is 154 g/mol. The van der Waals surface area contributed by atoms with E-state index in [1.54, 1.807) is 0 Å². The van der Waals surface area contributed by atoms with Gasteiger partial charge in [-0.3, -0.25) is 4.79 Å². The van der Waals surface area contributed by atoms with Crippen molar-refractivity contribution in [2.75, 3.05) is 13.2 Å². The molecule has 0 saturated carbocycles. The summed E-state index contributed by atoms with van der Waals surface area (Å²) < 4.78 is 5.19. The lowest BCUT2D eigenvalue weighted by Gasteiger charge is -2.09. The van der Waals surface area contributed by atoms with Gasteiger partial charge >= 0.3 is 0 Å². The van der Waals surface area contributed by atoms with Crippen LogP contribution in [-0.4, -0.2) is 19.1 Å². The van der Waals surface area contributed by atoms with E-state index >= 15 is 0 Å². The van der Waals surface area contributed by atoms with Crippen LogP contribution in [0.1, 0.15) is 27.7 Å². The Hall–Kier alpha value is -0.990. The maximum absolute atomic E-state index is 11.3. The van der Waals surface area contributed by atoms with Crippen LogP contribution in [0.25, 0.3) is 0 Å². The summed E-state index contributed by atoms with van der Waals surface area (Å²) >= 11 is 0. The van der Waals surface area contributed by atoms with Crippen molar-refractivity contribution in [3.63, 3.8) is 0 Å². The predicted molar refractivity (Wildman–Crippen MR) is 48.7 cm³/mol. The lowest BCUT2D eigenvalue weighted by atomic mass is 10.3. The van der Waals surface area contributed by atoms with Crippen molar-refractivity contribution in [2.45, 2.75) is 27.7 Å². The number of rotatable bonds is 4. The summed E-state index contributed by atoms with van der Waals surface area (Å²) in [4.78, 5) is 11.3. The maximum atomic E-state index is 11.3. The summed E-state index contributed by atoms with van der Waals surface area (Å²) in [6.07, 6.45) is 0. The molecule has 0 bridgehead atoms. The number of carbonyl (C=O) groups is 1. The third kappa shape index (κ3) is 3.42. The van der Waals surface area contributed by atoms with Crippen LogP contribution in [0.4, 0.5) is 0 Å². The molecule has 0 aromatic rings. The molecule has 0 spiro atoms. The quantitative estimate of drug-likeness (QED) is 0.513. The van der Waals surface area contributed by atoms with Crippen molar-refractivity contribution < 1.29 is 9.53 Å². The van der Waals surface area contributed by atoms with Crippen molar-refractivity contribution in [3.05, 3.63) is 11.3 Å². The van der Waals surface area contributed by atoms with Gasteiger partial charge in [-0.25, -0.2) is 0 Å². The highest BCUT2D eigenvalue weighted by Gasteiger charge is 2.09. The van der Waals surface area contributed by atoms with Crippen LogP contribution in [0.3, 0.4) is 0 Å². The van der Waals surface area contributed by atoms with Gasteiger partial charge < -0.3 is 10.1 Å². The van der Waals surface area contributed by atoms with E-state index in [0.717, 1.165) is 5.57 Å². The second-order valence-corrected chi connectivity index (χ2v) is 2.62. The van der Waals surface area contributed by atoms with Crippen molar-refractivity contribution in [2.24, 2.45) is 0 Å². The average Bonchev–Trinajstić information content (AvgIpc) is 1.99. The molecule has 3 nitrogen and oxygen atoms in total. The smallest absolute Gasteiger partial charge is 0.286 e. The number of carbonyl (C=O) groups excluding carboxylic acids is 1. The fourth-order valence-electron chi connectivity index (χ4n) is 0.822. The van der Waals surface area contributed by atoms with Crippen LogP contribution in [-0.2, 0) is 9.53 Å². The van der Waals surface area contributed by atoms with E-state index in [-0.39, 0.29) is 5.91 Å². The molecule has 0 aliphatic carbocycles. The first-order valence-corrected chi connectivity index (χ1v) is 4.21. The highest BCUT2D eigenvalue weighted by molar-refractivity contribution is 5.91. The molecule has 0 aromatic carbocycles. The Balaban J connectivity index is 4.32. The highest BCUT2D eigenvalue weighted by Crippen LogP contribution is 2.04. The number of hydrogen-bond donors (Lipinski definition) is 1. The molecule has 1 N–H and O–H groups in total. The molecule has 3 heteroatoms. The molecule has 12 heavy (non-hydrogen) atoms. The van der Waals surface area contributed by atoms with Gasteiger partial charge in [-0.1, -0.05) is 0 Å². The molecule has 0 atom stereocenters. The van der Waals surface area contributed by atoms with E-state index in [1.165, 1.54) is 0 Å². The number of allylic oxidation sites excluding steroid dienone is 1. The summed E-state index contributed by atoms with van der Waals surface area (Å²) in [5.74, 6) is 0.318. The fourth-order valence-corrected chi connectivity index (χ4v) is 0.822. The van der Waals surface area contributed by atoms with Crippen LogP contribution in [0.2, 0.25) is 0 Å². The fraction of sp³-hybridized carbons (Fsp3) is 0.667. The van der Waals surface area contributed by atoms with Gasteiger partial charge in [0.2, 0.25) is 0 Å². The second-order valence-electron chi connectivity index (χ2n) is 2.62. The predicted octanol–water partition coefficient (Wildman–Crippen LogP) is 1.45. The molecule has 0 saturated heterocycles. The lowest BCUT2D eigenvalue weighted by Crippen LogP contribution is -2.26.